The lowest BCUT2D eigenvalue weighted by Crippen LogP contribution is -2.06. The molecule has 0 unspecified atom stereocenters. The molecule has 0 amide bonds. The molecule has 0 aliphatic rings. The van der Waals surface area contributed by atoms with Gasteiger partial charge < -0.3 is 14.6 Å². The number of aryl methyl sites for hydroxylation is 1. The number of phenolic OH excluding ortho intramolecular Hbond substituents is 1. The average molecular weight is 295 g/mol. The van der Waals surface area contributed by atoms with Gasteiger partial charge in [0, 0.05) is 11.6 Å². The summed E-state index contributed by atoms with van der Waals surface area (Å²) in [6, 6.07) is 11.3. The first-order valence-electron chi connectivity index (χ1n) is 6.64. The highest BCUT2D eigenvalue weighted by Crippen LogP contribution is 2.18. The van der Waals surface area contributed by atoms with Gasteiger partial charge in [-0.3, -0.25) is 0 Å². The minimum Gasteiger partial charge on any atom is -0.508 e. The maximum absolute atomic E-state index is 11.9. The summed E-state index contributed by atoms with van der Waals surface area (Å²) in [5.74, 6) is -0.0403. The molecule has 0 atom stereocenters. The summed E-state index contributed by atoms with van der Waals surface area (Å²) in [6.45, 7) is 1.89. The lowest BCUT2D eigenvalue weighted by molar-refractivity contribution is 0.474. The maximum Gasteiger partial charge on any atom is 0.362 e. The van der Waals surface area contributed by atoms with Gasteiger partial charge in [0.1, 0.15) is 17.0 Å². The van der Waals surface area contributed by atoms with Crippen LogP contribution in [0.3, 0.4) is 0 Å². The Kier molecular flexibility index (Phi) is 3.39. The molecule has 1 aromatic heterocycles. The molecular formula is C17H13NO4. The van der Waals surface area contributed by atoms with E-state index in [2.05, 4.69) is 4.98 Å². The fourth-order valence-electron chi connectivity index (χ4n) is 2.06. The molecule has 0 fully saturated rings. The number of fused-ring (bicyclic) bond motifs is 1. The second-order valence-corrected chi connectivity index (χ2v) is 4.93. The number of benzene rings is 2. The van der Waals surface area contributed by atoms with E-state index in [0.717, 1.165) is 5.56 Å². The van der Waals surface area contributed by atoms with Gasteiger partial charge in [-0.15, -0.1) is 0 Å². The Morgan fingerprint density at radius 1 is 1.18 bits per heavy atom. The number of aromatic hydroxyl groups is 1. The Balaban J connectivity index is 2.07. The summed E-state index contributed by atoms with van der Waals surface area (Å²) in [4.78, 5) is 16.1. The second-order valence-electron chi connectivity index (χ2n) is 4.93. The normalized spacial score (nSPS) is 11.8. The van der Waals surface area contributed by atoms with Crippen molar-refractivity contribution in [2.24, 2.45) is 0 Å². The third-order valence-corrected chi connectivity index (χ3v) is 3.20. The number of aromatic nitrogens is 1. The van der Waals surface area contributed by atoms with E-state index in [-0.39, 0.29) is 17.2 Å². The molecule has 3 aromatic rings. The number of nitrogens with zero attached hydrogens (tertiary/aromatic N) is 1. The zero-order chi connectivity index (χ0) is 15.7. The Morgan fingerprint density at radius 3 is 2.64 bits per heavy atom. The van der Waals surface area contributed by atoms with Crippen molar-refractivity contribution in [3.8, 4) is 5.75 Å². The molecule has 22 heavy (non-hydrogen) atoms. The van der Waals surface area contributed by atoms with Crippen LogP contribution in [0.4, 0.5) is 0 Å². The molecule has 0 aliphatic heterocycles. The summed E-state index contributed by atoms with van der Waals surface area (Å²) >= 11 is 0. The van der Waals surface area contributed by atoms with E-state index in [1.165, 1.54) is 30.3 Å². The summed E-state index contributed by atoms with van der Waals surface area (Å²) in [5, 5.41) is 19.3. The summed E-state index contributed by atoms with van der Waals surface area (Å²) < 4.78 is 5.22. The van der Waals surface area contributed by atoms with E-state index in [4.69, 9.17) is 4.42 Å². The van der Waals surface area contributed by atoms with Crippen LogP contribution >= 0.6 is 0 Å². The minimum absolute atomic E-state index is 0.0157. The SMILES string of the molecule is Cc1ccc2nc(/C=C(\O)c3ccc(O)cc3)c(=O)oc2c1. The Bertz CT molecular complexity index is 924. The van der Waals surface area contributed by atoms with E-state index in [1.807, 2.05) is 13.0 Å². The Morgan fingerprint density at radius 2 is 1.91 bits per heavy atom. The molecule has 3 rings (SSSR count). The third kappa shape index (κ3) is 2.69. The number of aliphatic hydroxyl groups excluding tert-OH is 1. The highest BCUT2D eigenvalue weighted by molar-refractivity contribution is 5.78. The lowest BCUT2D eigenvalue weighted by atomic mass is 10.1. The molecule has 1 heterocycles. The largest absolute Gasteiger partial charge is 0.508 e. The van der Waals surface area contributed by atoms with Crippen molar-refractivity contribution in [1.29, 1.82) is 0 Å². The molecule has 0 radical (unpaired) electrons. The summed E-state index contributed by atoms with van der Waals surface area (Å²) in [5.41, 5.74) is 1.77. The molecule has 0 saturated heterocycles. The van der Waals surface area contributed by atoms with Crippen LogP contribution in [-0.2, 0) is 0 Å². The Labute approximate surface area is 125 Å². The maximum atomic E-state index is 11.9. The molecule has 110 valence electrons. The molecule has 0 aliphatic carbocycles. The highest BCUT2D eigenvalue weighted by Gasteiger charge is 2.08. The quantitative estimate of drug-likeness (QED) is 0.709. The van der Waals surface area contributed by atoms with Gasteiger partial charge in [-0.25, -0.2) is 9.78 Å². The Hall–Kier alpha value is -3.08. The topological polar surface area (TPSA) is 83.6 Å². The van der Waals surface area contributed by atoms with Crippen LogP contribution in [0.25, 0.3) is 22.9 Å². The highest BCUT2D eigenvalue weighted by atomic mass is 16.4. The van der Waals surface area contributed by atoms with Crippen molar-refractivity contribution in [3.63, 3.8) is 0 Å². The van der Waals surface area contributed by atoms with Gasteiger partial charge in [0.2, 0.25) is 0 Å². The number of rotatable bonds is 2. The lowest BCUT2D eigenvalue weighted by Gasteiger charge is -2.02. The minimum atomic E-state index is -0.622. The van der Waals surface area contributed by atoms with Crippen LogP contribution in [0, 0.1) is 6.92 Å². The van der Waals surface area contributed by atoms with Gasteiger partial charge in [-0.2, -0.15) is 0 Å². The van der Waals surface area contributed by atoms with Gasteiger partial charge in [-0.1, -0.05) is 6.07 Å². The van der Waals surface area contributed by atoms with Crippen molar-refractivity contribution in [3.05, 3.63) is 69.7 Å². The fourth-order valence-corrected chi connectivity index (χ4v) is 2.06. The van der Waals surface area contributed by atoms with Crippen molar-refractivity contribution < 1.29 is 14.6 Å². The van der Waals surface area contributed by atoms with E-state index in [0.29, 0.717) is 16.7 Å². The molecule has 0 saturated carbocycles. The number of hydrogen-bond donors (Lipinski definition) is 2. The number of aliphatic hydroxyl groups is 1. The summed E-state index contributed by atoms with van der Waals surface area (Å²) in [6.07, 6.45) is 1.25. The van der Waals surface area contributed by atoms with Crippen molar-refractivity contribution in [2.45, 2.75) is 6.92 Å². The molecule has 0 spiro atoms. The second kappa shape index (κ2) is 5.37. The zero-order valence-corrected chi connectivity index (χ0v) is 11.8. The predicted molar refractivity (Wildman–Crippen MR) is 83.6 cm³/mol. The van der Waals surface area contributed by atoms with Crippen molar-refractivity contribution in [1.82, 2.24) is 4.98 Å². The first-order valence-corrected chi connectivity index (χ1v) is 6.64. The number of hydrogen-bond acceptors (Lipinski definition) is 5. The first-order chi connectivity index (χ1) is 10.5. The van der Waals surface area contributed by atoms with Crippen LogP contribution in [0.15, 0.2) is 51.7 Å². The molecule has 2 aromatic carbocycles. The van der Waals surface area contributed by atoms with Crippen molar-refractivity contribution >= 4 is 22.9 Å². The van der Waals surface area contributed by atoms with E-state index < -0.39 is 5.63 Å². The van der Waals surface area contributed by atoms with Gasteiger partial charge in [0.15, 0.2) is 11.3 Å². The first kappa shape index (κ1) is 13.9. The molecular weight excluding hydrogens is 282 g/mol. The van der Waals surface area contributed by atoms with Crippen LogP contribution in [-0.4, -0.2) is 15.2 Å². The van der Waals surface area contributed by atoms with E-state index in [1.54, 1.807) is 12.1 Å². The molecule has 5 heteroatoms. The number of phenols is 1. The third-order valence-electron chi connectivity index (χ3n) is 3.20. The van der Waals surface area contributed by atoms with Crippen LogP contribution in [0.5, 0.6) is 5.75 Å². The van der Waals surface area contributed by atoms with E-state index in [9.17, 15) is 15.0 Å². The van der Waals surface area contributed by atoms with Gasteiger partial charge >= 0.3 is 5.63 Å². The molecule has 0 bridgehead atoms. The fraction of sp³-hybridized carbons (Fsp3) is 0.0588. The van der Waals surface area contributed by atoms with Crippen molar-refractivity contribution in [2.75, 3.05) is 0 Å². The van der Waals surface area contributed by atoms with E-state index >= 15 is 0 Å². The standard InChI is InChI=1S/C17H13NO4/c1-10-2-7-13-16(8-10)22-17(21)14(18-13)9-15(20)11-3-5-12(19)6-4-11/h2-9,19-20H,1H3/b15-9-. The molecule has 5 nitrogen and oxygen atoms in total. The van der Waals surface area contributed by atoms with Crippen LogP contribution < -0.4 is 5.63 Å². The van der Waals surface area contributed by atoms with Gasteiger partial charge in [-0.05, 0) is 48.9 Å². The molecule has 2 N–H and O–H groups in total. The monoisotopic (exact) mass is 295 g/mol. The van der Waals surface area contributed by atoms with Crippen LogP contribution in [0.1, 0.15) is 16.8 Å². The van der Waals surface area contributed by atoms with Gasteiger partial charge in [0.25, 0.3) is 0 Å². The summed E-state index contributed by atoms with van der Waals surface area (Å²) in [7, 11) is 0. The zero-order valence-electron chi connectivity index (χ0n) is 11.8. The predicted octanol–water partition coefficient (Wildman–Crippen LogP) is 3.26. The smallest absolute Gasteiger partial charge is 0.362 e. The average Bonchev–Trinajstić information content (AvgIpc) is 2.49. The van der Waals surface area contributed by atoms with Crippen LogP contribution in [0.2, 0.25) is 0 Å². The van der Waals surface area contributed by atoms with Gasteiger partial charge in [0.05, 0.1) is 0 Å².